The minimum absolute atomic E-state index is 0.757. The second kappa shape index (κ2) is 11.8. The lowest BCUT2D eigenvalue weighted by molar-refractivity contribution is 1.17. The van der Waals surface area contributed by atoms with E-state index >= 15 is 0 Å². The maximum atomic E-state index is 4.44. The molecule has 26 heavy (non-hydrogen) atoms. The van der Waals surface area contributed by atoms with Gasteiger partial charge in [0.05, 0.1) is 0 Å². The first-order valence-corrected chi connectivity index (χ1v) is 9.34. The number of benzene rings is 2. The first kappa shape index (κ1) is 21.3. The Morgan fingerprint density at radius 1 is 0.577 bits per heavy atom. The van der Waals surface area contributed by atoms with E-state index in [0.29, 0.717) is 0 Å². The number of hydrogen-bond donors (Lipinski definition) is 0. The van der Waals surface area contributed by atoms with Gasteiger partial charge in [-0.25, -0.2) is 9.97 Å². The summed E-state index contributed by atoms with van der Waals surface area (Å²) in [5, 5.41) is 0. The van der Waals surface area contributed by atoms with Crippen molar-refractivity contribution >= 4 is 12.2 Å². The van der Waals surface area contributed by atoms with Crippen LogP contribution in [0.25, 0.3) is 23.5 Å². The Morgan fingerprint density at radius 2 is 1.00 bits per heavy atom. The van der Waals surface area contributed by atoms with E-state index in [1.54, 1.807) is 0 Å². The standard InChI is InChI=1S/C20H18N2.2C2H6/c1-15-3-7-17(8-4-15)9-10-18-13-21-20(22-14-18)19-11-5-16(2)6-12-19;2*1-2/h3-14H,1-2H3;2*1-2H3/b10-9+;;. The monoisotopic (exact) mass is 346 g/mol. The molecule has 2 heteroatoms. The molecule has 136 valence electrons. The van der Waals surface area contributed by atoms with Crippen molar-refractivity contribution in [2.75, 3.05) is 0 Å². The molecule has 0 aliphatic carbocycles. The third kappa shape index (κ3) is 6.64. The van der Waals surface area contributed by atoms with Crippen LogP contribution in [0.1, 0.15) is 49.9 Å². The molecule has 0 saturated heterocycles. The van der Waals surface area contributed by atoms with Gasteiger partial charge in [0, 0.05) is 23.5 Å². The van der Waals surface area contributed by atoms with E-state index in [1.807, 2.05) is 58.3 Å². The summed E-state index contributed by atoms with van der Waals surface area (Å²) in [4.78, 5) is 8.89. The minimum atomic E-state index is 0.757. The van der Waals surface area contributed by atoms with Gasteiger partial charge in [0.2, 0.25) is 0 Å². The van der Waals surface area contributed by atoms with Crippen molar-refractivity contribution in [1.82, 2.24) is 9.97 Å². The van der Waals surface area contributed by atoms with Gasteiger partial charge in [-0.05, 0) is 19.4 Å². The summed E-state index contributed by atoms with van der Waals surface area (Å²) in [6.45, 7) is 12.2. The van der Waals surface area contributed by atoms with E-state index in [1.165, 1.54) is 16.7 Å². The van der Waals surface area contributed by atoms with E-state index in [9.17, 15) is 0 Å². The normalized spacial score (nSPS) is 9.77. The molecule has 0 bridgehead atoms. The van der Waals surface area contributed by atoms with E-state index in [2.05, 4.69) is 66.3 Å². The van der Waals surface area contributed by atoms with Crippen molar-refractivity contribution < 1.29 is 0 Å². The highest BCUT2D eigenvalue weighted by Gasteiger charge is 2.00. The molecule has 0 spiro atoms. The molecule has 0 fully saturated rings. The van der Waals surface area contributed by atoms with E-state index in [4.69, 9.17) is 0 Å². The molecule has 0 saturated carbocycles. The van der Waals surface area contributed by atoms with Gasteiger partial charge in [-0.15, -0.1) is 0 Å². The second-order valence-electron chi connectivity index (χ2n) is 5.45. The summed E-state index contributed by atoms with van der Waals surface area (Å²) < 4.78 is 0. The molecule has 0 unspecified atom stereocenters. The lowest BCUT2D eigenvalue weighted by Gasteiger charge is -2.01. The van der Waals surface area contributed by atoms with Crippen molar-refractivity contribution in [2.45, 2.75) is 41.5 Å². The van der Waals surface area contributed by atoms with Crippen molar-refractivity contribution in [2.24, 2.45) is 0 Å². The highest BCUT2D eigenvalue weighted by Crippen LogP contribution is 2.16. The van der Waals surface area contributed by atoms with Gasteiger partial charge in [-0.1, -0.05) is 99.5 Å². The molecule has 0 aliphatic rings. The summed E-state index contributed by atoms with van der Waals surface area (Å²) in [6.07, 6.45) is 7.81. The lowest BCUT2D eigenvalue weighted by Crippen LogP contribution is -1.89. The van der Waals surface area contributed by atoms with Gasteiger partial charge < -0.3 is 0 Å². The fourth-order valence-electron chi connectivity index (χ4n) is 2.15. The molecule has 2 nitrogen and oxygen atoms in total. The predicted molar refractivity (Wildman–Crippen MR) is 115 cm³/mol. The van der Waals surface area contributed by atoms with Crippen LogP contribution in [-0.4, -0.2) is 9.97 Å². The Hall–Kier alpha value is -2.74. The molecule has 0 atom stereocenters. The summed E-state index contributed by atoms with van der Waals surface area (Å²) in [5.41, 5.74) is 5.72. The Kier molecular flexibility index (Phi) is 9.63. The lowest BCUT2D eigenvalue weighted by atomic mass is 10.1. The van der Waals surface area contributed by atoms with Gasteiger partial charge in [-0.2, -0.15) is 0 Å². The Balaban J connectivity index is 0.000000791. The largest absolute Gasteiger partial charge is 0.236 e. The molecule has 0 radical (unpaired) electrons. The van der Waals surface area contributed by atoms with Crippen LogP contribution < -0.4 is 0 Å². The van der Waals surface area contributed by atoms with Crippen molar-refractivity contribution in [3.8, 4) is 11.4 Å². The Labute approximate surface area is 158 Å². The third-order valence-corrected chi connectivity index (χ3v) is 3.53. The smallest absolute Gasteiger partial charge is 0.159 e. The molecule has 0 aliphatic heterocycles. The number of rotatable bonds is 3. The number of hydrogen-bond acceptors (Lipinski definition) is 2. The SMILES string of the molecule is CC.CC.Cc1ccc(/C=C/c2cnc(-c3ccc(C)cc3)nc2)cc1. The van der Waals surface area contributed by atoms with Crippen LogP contribution in [0.5, 0.6) is 0 Å². The molecule has 1 aromatic heterocycles. The maximum absolute atomic E-state index is 4.44. The van der Waals surface area contributed by atoms with Crippen molar-refractivity contribution in [3.05, 3.63) is 83.2 Å². The summed E-state index contributed by atoms with van der Waals surface area (Å²) in [5.74, 6) is 0.757. The number of aryl methyl sites for hydroxylation is 2. The van der Waals surface area contributed by atoms with Gasteiger partial charge in [0.1, 0.15) is 0 Å². The van der Waals surface area contributed by atoms with Gasteiger partial charge in [0.15, 0.2) is 5.82 Å². The zero-order valence-corrected chi connectivity index (χ0v) is 16.8. The van der Waals surface area contributed by atoms with E-state index in [0.717, 1.165) is 17.0 Å². The van der Waals surface area contributed by atoms with Crippen LogP contribution in [0.3, 0.4) is 0 Å². The molecular weight excluding hydrogens is 316 g/mol. The van der Waals surface area contributed by atoms with Crippen molar-refractivity contribution in [1.29, 1.82) is 0 Å². The molecular formula is C24H30N2. The average Bonchev–Trinajstić information content (AvgIpc) is 2.72. The Bertz CT molecular complexity index is 768. The second-order valence-corrected chi connectivity index (χ2v) is 5.45. The summed E-state index contributed by atoms with van der Waals surface area (Å²) in [7, 11) is 0. The van der Waals surface area contributed by atoms with Crippen LogP contribution in [-0.2, 0) is 0 Å². The third-order valence-electron chi connectivity index (χ3n) is 3.53. The summed E-state index contributed by atoms with van der Waals surface area (Å²) >= 11 is 0. The van der Waals surface area contributed by atoms with Crippen molar-refractivity contribution in [3.63, 3.8) is 0 Å². The highest BCUT2D eigenvalue weighted by molar-refractivity contribution is 5.69. The molecule has 1 heterocycles. The predicted octanol–water partition coefficient (Wildman–Crippen LogP) is 6.98. The fourth-order valence-corrected chi connectivity index (χ4v) is 2.15. The number of nitrogens with zero attached hydrogens (tertiary/aromatic N) is 2. The average molecular weight is 347 g/mol. The maximum Gasteiger partial charge on any atom is 0.159 e. The molecule has 0 N–H and O–H groups in total. The quantitative estimate of drug-likeness (QED) is 0.511. The van der Waals surface area contributed by atoms with Crippen LogP contribution >= 0.6 is 0 Å². The zero-order chi connectivity index (χ0) is 19.4. The van der Waals surface area contributed by atoms with Crippen LogP contribution in [0.15, 0.2) is 60.9 Å². The zero-order valence-electron chi connectivity index (χ0n) is 16.8. The summed E-state index contributed by atoms with van der Waals surface area (Å²) in [6, 6.07) is 16.7. The van der Waals surface area contributed by atoms with Crippen LogP contribution in [0.2, 0.25) is 0 Å². The molecule has 2 aromatic carbocycles. The molecule has 0 amide bonds. The first-order valence-electron chi connectivity index (χ1n) is 9.34. The van der Waals surface area contributed by atoms with E-state index in [-0.39, 0.29) is 0 Å². The first-order chi connectivity index (χ1) is 12.7. The molecule has 3 rings (SSSR count). The number of aromatic nitrogens is 2. The Morgan fingerprint density at radius 3 is 1.50 bits per heavy atom. The van der Waals surface area contributed by atoms with Crippen LogP contribution in [0.4, 0.5) is 0 Å². The molecule has 3 aromatic rings. The topological polar surface area (TPSA) is 25.8 Å². The van der Waals surface area contributed by atoms with Gasteiger partial charge in [0.25, 0.3) is 0 Å². The fraction of sp³-hybridized carbons (Fsp3) is 0.250. The van der Waals surface area contributed by atoms with Crippen LogP contribution in [0, 0.1) is 13.8 Å². The van der Waals surface area contributed by atoms with Gasteiger partial charge >= 0.3 is 0 Å². The highest BCUT2D eigenvalue weighted by atomic mass is 14.9. The van der Waals surface area contributed by atoms with Gasteiger partial charge in [-0.3, -0.25) is 0 Å². The minimum Gasteiger partial charge on any atom is -0.236 e. The van der Waals surface area contributed by atoms with E-state index < -0.39 is 0 Å².